The molecule has 94 valence electrons. The molecule has 1 aliphatic carbocycles. The summed E-state index contributed by atoms with van der Waals surface area (Å²) < 4.78 is 0. The largest absolute Gasteiger partial charge is 0.397 e. The number of rotatable bonds is 3. The van der Waals surface area contributed by atoms with Crippen molar-refractivity contribution in [1.29, 1.82) is 0 Å². The highest BCUT2D eigenvalue weighted by atomic mass is 35.5. The first-order valence-corrected chi connectivity index (χ1v) is 6.34. The minimum absolute atomic E-state index is 0.490. The first-order chi connectivity index (χ1) is 8.09. The molecular weight excluding hydrogens is 238 g/mol. The Balaban J connectivity index is 1.97. The van der Waals surface area contributed by atoms with Crippen LogP contribution >= 0.6 is 11.6 Å². The van der Waals surface area contributed by atoms with Gasteiger partial charge in [-0.2, -0.15) is 0 Å². The molecule has 0 spiro atoms. The minimum Gasteiger partial charge on any atom is -0.397 e. The second-order valence-electron chi connectivity index (χ2n) is 4.74. The maximum Gasteiger partial charge on any atom is 0.145 e. The average Bonchev–Trinajstić information content (AvgIpc) is 2.29. The molecule has 0 amide bonds. The van der Waals surface area contributed by atoms with E-state index in [0.717, 1.165) is 25.7 Å². The highest BCUT2D eigenvalue weighted by molar-refractivity contribution is 6.33. The third kappa shape index (κ3) is 3.23. The third-order valence-corrected chi connectivity index (χ3v) is 3.52. The van der Waals surface area contributed by atoms with Gasteiger partial charge in [0.05, 0.1) is 22.5 Å². The summed E-state index contributed by atoms with van der Waals surface area (Å²) in [5.41, 5.74) is 5.49. The van der Waals surface area contributed by atoms with Crippen molar-refractivity contribution in [2.45, 2.75) is 37.7 Å². The summed E-state index contributed by atoms with van der Waals surface area (Å²) in [4.78, 5) is 4.11. The molecule has 0 saturated heterocycles. The summed E-state index contributed by atoms with van der Waals surface area (Å²) in [6.45, 7) is 0.490. The predicted octanol–water partition coefficient (Wildman–Crippen LogP) is 2.42. The summed E-state index contributed by atoms with van der Waals surface area (Å²) in [7, 11) is 0. The number of halogens is 1. The fourth-order valence-electron chi connectivity index (χ4n) is 2.22. The lowest BCUT2D eigenvalue weighted by atomic mass is 9.85. The Labute approximate surface area is 106 Å². The van der Waals surface area contributed by atoms with E-state index in [0.29, 0.717) is 23.1 Å². The van der Waals surface area contributed by atoms with Gasteiger partial charge in [0.15, 0.2) is 0 Å². The van der Waals surface area contributed by atoms with Crippen LogP contribution in [-0.2, 0) is 0 Å². The van der Waals surface area contributed by atoms with Crippen LogP contribution in [-0.4, -0.2) is 22.2 Å². The van der Waals surface area contributed by atoms with Gasteiger partial charge in [0.1, 0.15) is 5.82 Å². The Morgan fingerprint density at radius 2 is 2.12 bits per heavy atom. The first-order valence-electron chi connectivity index (χ1n) is 5.96. The molecule has 0 aromatic carbocycles. The van der Waals surface area contributed by atoms with E-state index in [1.807, 2.05) is 0 Å². The van der Waals surface area contributed by atoms with Gasteiger partial charge in [-0.1, -0.05) is 30.9 Å². The molecule has 0 atom stereocenters. The van der Waals surface area contributed by atoms with Crippen LogP contribution in [0.1, 0.15) is 32.1 Å². The molecule has 4 nitrogen and oxygen atoms in total. The zero-order valence-corrected chi connectivity index (χ0v) is 10.5. The zero-order valence-electron chi connectivity index (χ0n) is 9.75. The Morgan fingerprint density at radius 3 is 2.76 bits per heavy atom. The van der Waals surface area contributed by atoms with Crippen molar-refractivity contribution in [2.24, 2.45) is 0 Å². The molecule has 0 unspecified atom stereocenters. The van der Waals surface area contributed by atoms with Crippen molar-refractivity contribution < 1.29 is 5.11 Å². The maximum absolute atomic E-state index is 10.3. The second-order valence-corrected chi connectivity index (χ2v) is 5.14. The smallest absolute Gasteiger partial charge is 0.145 e. The van der Waals surface area contributed by atoms with Crippen molar-refractivity contribution in [1.82, 2.24) is 4.98 Å². The maximum atomic E-state index is 10.3. The summed E-state index contributed by atoms with van der Waals surface area (Å²) >= 11 is 6.01. The summed E-state index contributed by atoms with van der Waals surface area (Å²) in [6, 6.07) is 1.65. The topological polar surface area (TPSA) is 71.2 Å². The molecule has 1 aromatic rings. The second kappa shape index (κ2) is 5.10. The number of hydrogen-bond acceptors (Lipinski definition) is 4. The Kier molecular flexibility index (Phi) is 3.74. The number of nitrogens with one attached hydrogen (secondary N) is 1. The van der Waals surface area contributed by atoms with E-state index >= 15 is 0 Å². The van der Waals surface area contributed by atoms with Crippen LogP contribution in [0.5, 0.6) is 0 Å². The number of nitrogens with zero attached hydrogens (tertiary/aromatic N) is 1. The van der Waals surface area contributed by atoms with E-state index in [-0.39, 0.29) is 0 Å². The minimum atomic E-state index is -0.620. The van der Waals surface area contributed by atoms with Gasteiger partial charge in [0.25, 0.3) is 0 Å². The molecule has 1 saturated carbocycles. The van der Waals surface area contributed by atoms with Crippen molar-refractivity contribution in [2.75, 3.05) is 17.6 Å². The van der Waals surface area contributed by atoms with Crippen molar-refractivity contribution in [3.8, 4) is 0 Å². The Morgan fingerprint density at radius 1 is 1.41 bits per heavy atom. The van der Waals surface area contributed by atoms with Gasteiger partial charge in [-0.05, 0) is 18.9 Å². The fourth-order valence-corrected chi connectivity index (χ4v) is 2.46. The van der Waals surface area contributed by atoms with Gasteiger partial charge in [0, 0.05) is 6.54 Å². The molecule has 1 fully saturated rings. The normalized spacial score (nSPS) is 18.9. The van der Waals surface area contributed by atoms with E-state index in [2.05, 4.69) is 10.3 Å². The van der Waals surface area contributed by atoms with Crippen LogP contribution in [0.15, 0.2) is 12.3 Å². The Hall–Kier alpha value is -1.00. The summed E-state index contributed by atoms with van der Waals surface area (Å²) in [5, 5.41) is 13.9. The molecule has 1 aliphatic rings. The molecule has 0 radical (unpaired) electrons. The molecule has 0 bridgehead atoms. The van der Waals surface area contributed by atoms with Crippen LogP contribution < -0.4 is 11.1 Å². The van der Waals surface area contributed by atoms with Gasteiger partial charge in [-0.3, -0.25) is 0 Å². The highest BCUT2D eigenvalue weighted by Crippen LogP contribution is 2.29. The van der Waals surface area contributed by atoms with Gasteiger partial charge < -0.3 is 16.2 Å². The molecule has 1 aromatic heterocycles. The lowest BCUT2D eigenvalue weighted by Gasteiger charge is -2.32. The predicted molar refractivity (Wildman–Crippen MR) is 70.2 cm³/mol. The standard InChI is InChI=1S/C12H18ClN3O/c13-10-6-9(14)7-15-11(10)16-8-12(17)4-2-1-3-5-12/h6-7,17H,1-5,8,14H2,(H,15,16). The van der Waals surface area contributed by atoms with Crippen LogP contribution in [0.4, 0.5) is 11.5 Å². The van der Waals surface area contributed by atoms with Gasteiger partial charge in [-0.25, -0.2) is 4.98 Å². The van der Waals surface area contributed by atoms with Crippen molar-refractivity contribution in [3.05, 3.63) is 17.3 Å². The van der Waals surface area contributed by atoms with E-state index in [4.69, 9.17) is 17.3 Å². The van der Waals surface area contributed by atoms with Crippen molar-refractivity contribution in [3.63, 3.8) is 0 Å². The highest BCUT2D eigenvalue weighted by Gasteiger charge is 2.29. The Bertz CT molecular complexity index is 391. The molecule has 0 aliphatic heterocycles. The van der Waals surface area contributed by atoms with Gasteiger partial charge in [-0.15, -0.1) is 0 Å². The SMILES string of the molecule is Nc1cnc(NCC2(O)CCCCC2)c(Cl)c1. The molecule has 5 heteroatoms. The molecule has 2 rings (SSSR count). The van der Waals surface area contributed by atoms with Crippen LogP contribution in [0, 0.1) is 0 Å². The van der Waals surface area contributed by atoms with Crippen LogP contribution in [0.25, 0.3) is 0 Å². The summed E-state index contributed by atoms with van der Waals surface area (Å²) in [6.07, 6.45) is 6.61. The van der Waals surface area contributed by atoms with Crippen LogP contribution in [0.3, 0.4) is 0 Å². The molecular formula is C12H18ClN3O. The third-order valence-electron chi connectivity index (χ3n) is 3.23. The quantitative estimate of drug-likeness (QED) is 0.776. The number of pyridine rings is 1. The van der Waals surface area contributed by atoms with Crippen LogP contribution in [0.2, 0.25) is 5.02 Å². The fraction of sp³-hybridized carbons (Fsp3) is 0.583. The van der Waals surface area contributed by atoms with E-state index in [1.54, 1.807) is 12.3 Å². The number of aliphatic hydroxyl groups is 1. The lowest BCUT2D eigenvalue weighted by molar-refractivity contribution is 0.0166. The first kappa shape index (κ1) is 12.5. The number of nitrogens with two attached hydrogens (primary N) is 1. The molecule has 4 N–H and O–H groups in total. The number of nitrogen functional groups attached to an aromatic ring is 1. The van der Waals surface area contributed by atoms with Crippen molar-refractivity contribution >= 4 is 23.1 Å². The zero-order chi connectivity index (χ0) is 12.3. The van der Waals surface area contributed by atoms with Gasteiger partial charge >= 0.3 is 0 Å². The number of anilines is 2. The monoisotopic (exact) mass is 255 g/mol. The molecule has 1 heterocycles. The van der Waals surface area contributed by atoms with E-state index < -0.39 is 5.60 Å². The van der Waals surface area contributed by atoms with Gasteiger partial charge in [0.2, 0.25) is 0 Å². The van der Waals surface area contributed by atoms with E-state index in [9.17, 15) is 5.11 Å². The molecule has 17 heavy (non-hydrogen) atoms. The van der Waals surface area contributed by atoms with E-state index in [1.165, 1.54) is 6.42 Å². The number of aromatic nitrogens is 1. The number of hydrogen-bond donors (Lipinski definition) is 3. The average molecular weight is 256 g/mol. The summed E-state index contributed by atoms with van der Waals surface area (Å²) in [5.74, 6) is 0.583. The lowest BCUT2D eigenvalue weighted by Crippen LogP contribution is -2.39.